The topological polar surface area (TPSA) is 152 Å². The zero-order valence-electron chi connectivity index (χ0n) is 13.6. The fraction of sp³-hybridized carbons (Fsp3) is 0.438. The third-order valence-electron chi connectivity index (χ3n) is 3.26. The maximum absolute atomic E-state index is 11.2. The number of Topliss-reactive ketones (excluding diaryl/α,β-unsaturated/α-hetero) is 1. The van der Waals surface area contributed by atoms with Crippen molar-refractivity contribution in [1.82, 2.24) is 0 Å². The number of benzene rings is 1. The van der Waals surface area contributed by atoms with Crippen LogP contribution in [0.15, 0.2) is 24.3 Å². The van der Waals surface area contributed by atoms with Crippen molar-refractivity contribution < 1.29 is 40.1 Å². The highest BCUT2D eigenvalue weighted by molar-refractivity contribution is 6.26. The number of carbonyl (C=O) groups is 3. The number of hydrogen-bond acceptors (Lipinski definition) is 6. The maximum atomic E-state index is 11.2. The summed E-state index contributed by atoms with van der Waals surface area (Å²) < 4.78 is 0. The van der Waals surface area contributed by atoms with Crippen LogP contribution in [0.1, 0.15) is 38.4 Å². The van der Waals surface area contributed by atoms with E-state index in [2.05, 4.69) is 0 Å². The molecule has 0 bridgehead atoms. The molecule has 1 aromatic carbocycles. The maximum Gasteiger partial charge on any atom is 0.351 e. The Hall–Kier alpha value is -2.45. The van der Waals surface area contributed by atoms with Gasteiger partial charge in [0.1, 0.15) is 23.7 Å². The van der Waals surface area contributed by atoms with Gasteiger partial charge in [0.05, 0.1) is 13.0 Å². The van der Waals surface area contributed by atoms with Gasteiger partial charge in [0.15, 0.2) is 5.97 Å². The van der Waals surface area contributed by atoms with Crippen LogP contribution in [-0.2, 0) is 14.4 Å². The minimum atomic E-state index is -2.07. The summed E-state index contributed by atoms with van der Waals surface area (Å²) in [4.78, 5) is 29.2. The van der Waals surface area contributed by atoms with Crippen molar-refractivity contribution in [1.29, 1.82) is 0 Å². The Morgan fingerprint density at radius 3 is 2.12 bits per heavy atom. The summed E-state index contributed by atoms with van der Waals surface area (Å²) in [5.41, 5.74) is 0.776. The Morgan fingerprint density at radius 1 is 1.21 bits per heavy atom. The van der Waals surface area contributed by atoms with Crippen LogP contribution in [0.3, 0.4) is 0 Å². The van der Waals surface area contributed by atoms with Gasteiger partial charge in [0.25, 0.3) is 0 Å². The van der Waals surface area contributed by atoms with Crippen LogP contribution >= 0.6 is 0 Å². The lowest BCUT2D eigenvalue weighted by Crippen LogP contribution is -2.90. The van der Waals surface area contributed by atoms with E-state index >= 15 is 0 Å². The van der Waals surface area contributed by atoms with Crippen LogP contribution < -0.4 is 10.4 Å². The number of aliphatic hydroxyl groups is 1. The quantitative estimate of drug-likeness (QED) is 0.444. The molecule has 0 radical (unpaired) electrons. The smallest absolute Gasteiger partial charge is 0.351 e. The zero-order chi connectivity index (χ0) is 18.7. The highest BCUT2D eigenvalue weighted by atomic mass is 16.4. The third-order valence-corrected chi connectivity index (χ3v) is 3.26. The summed E-state index contributed by atoms with van der Waals surface area (Å²) in [6.07, 6.45) is 0.522. The van der Waals surface area contributed by atoms with E-state index in [9.17, 15) is 15.0 Å². The Morgan fingerprint density at radius 2 is 1.71 bits per heavy atom. The van der Waals surface area contributed by atoms with E-state index in [1.807, 2.05) is 19.2 Å². The zero-order valence-corrected chi connectivity index (χ0v) is 13.6. The van der Waals surface area contributed by atoms with Gasteiger partial charge < -0.3 is 30.5 Å². The van der Waals surface area contributed by atoms with Crippen molar-refractivity contribution in [2.24, 2.45) is 0 Å². The summed E-state index contributed by atoms with van der Waals surface area (Å²) in [7, 11) is 0. The second kappa shape index (κ2) is 11.1. The van der Waals surface area contributed by atoms with E-state index < -0.39 is 18.0 Å². The van der Waals surface area contributed by atoms with Gasteiger partial charge in [-0.15, -0.1) is 0 Å². The van der Waals surface area contributed by atoms with Crippen LogP contribution in [0.5, 0.6) is 5.75 Å². The average molecular weight is 341 g/mol. The molecule has 134 valence electrons. The molecule has 5 N–H and O–H groups in total. The van der Waals surface area contributed by atoms with Gasteiger partial charge in [-0.3, -0.25) is 4.79 Å². The number of phenols is 1. The summed E-state index contributed by atoms with van der Waals surface area (Å²) in [6, 6.07) is 6.53. The lowest BCUT2D eigenvalue weighted by molar-refractivity contribution is -0.693. The fourth-order valence-electron chi connectivity index (χ4n) is 1.79. The molecule has 24 heavy (non-hydrogen) atoms. The van der Waals surface area contributed by atoms with Gasteiger partial charge in [0, 0.05) is 6.42 Å². The van der Waals surface area contributed by atoms with Crippen LogP contribution in [0.2, 0.25) is 0 Å². The number of phenolic OH excluding ortho intramolecular Hbond substituents is 1. The van der Waals surface area contributed by atoms with E-state index in [1.54, 1.807) is 24.3 Å². The SMILES string of the molecule is CCC(=O)CC[NH2+]C(C)C(O)c1ccc(O)cc1.O=C([O-])C(=O)O. The lowest BCUT2D eigenvalue weighted by Gasteiger charge is -2.17. The summed E-state index contributed by atoms with van der Waals surface area (Å²) in [5, 5.41) is 37.6. The van der Waals surface area contributed by atoms with Crippen LogP contribution in [0.4, 0.5) is 0 Å². The van der Waals surface area contributed by atoms with E-state index in [1.165, 1.54) is 0 Å². The van der Waals surface area contributed by atoms with Gasteiger partial charge in [0.2, 0.25) is 0 Å². The summed E-state index contributed by atoms with van der Waals surface area (Å²) in [5.74, 6) is -3.57. The predicted octanol–water partition coefficient (Wildman–Crippen LogP) is -1.43. The van der Waals surface area contributed by atoms with Crippen molar-refractivity contribution in [3.63, 3.8) is 0 Å². The molecular weight excluding hydrogens is 318 g/mol. The molecule has 2 unspecified atom stereocenters. The normalized spacial score (nSPS) is 12.5. The highest BCUT2D eigenvalue weighted by Gasteiger charge is 2.19. The fourth-order valence-corrected chi connectivity index (χ4v) is 1.79. The molecule has 8 nitrogen and oxygen atoms in total. The molecule has 0 saturated carbocycles. The molecule has 1 rings (SSSR count). The summed E-state index contributed by atoms with van der Waals surface area (Å²) >= 11 is 0. The van der Waals surface area contributed by atoms with Gasteiger partial charge in [-0.2, -0.15) is 0 Å². The second-order valence-corrected chi connectivity index (χ2v) is 5.15. The summed E-state index contributed by atoms with van der Waals surface area (Å²) in [6.45, 7) is 4.48. The standard InChI is InChI=1S/C14H21NO3.C2H2O4/c1-3-12(16)8-9-15-10(2)14(18)11-4-6-13(17)7-5-11;3-1(4)2(5)6/h4-7,10,14-15,17-18H,3,8-9H2,1-2H3;(H,3,4)(H,5,6). The molecule has 0 fully saturated rings. The molecule has 0 saturated heterocycles. The molecule has 0 heterocycles. The highest BCUT2D eigenvalue weighted by Crippen LogP contribution is 2.17. The van der Waals surface area contributed by atoms with Gasteiger partial charge >= 0.3 is 5.97 Å². The minimum absolute atomic E-state index is 0.0146. The first-order valence-corrected chi connectivity index (χ1v) is 7.45. The second-order valence-electron chi connectivity index (χ2n) is 5.15. The van der Waals surface area contributed by atoms with E-state index in [0.717, 1.165) is 5.56 Å². The molecule has 0 aliphatic carbocycles. The monoisotopic (exact) mass is 341 g/mol. The molecule has 0 aromatic heterocycles. The van der Waals surface area contributed by atoms with Crippen molar-refractivity contribution in [2.45, 2.75) is 38.8 Å². The number of ketones is 1. The van der Waals surface area contributed by atoms with E-state index in [-0.39, 0.29) is 17.6 Å². The third kappa shape index (κ3) is 8.86. The first-order chi connectivity index (χ1) is 11.2. The van der Waals surface area contributed by atoms with E-state index in [4.69, 9.17) is 19.8 Å². The largest absolute Gasteiger partial charge is 0.539 e. The van der Waals surface area contributed by atoms with Crippen molar-refractivity contribution >= 4 is 17.7 Å². The number of carboxylic acid groups (broad SMARTS) is 2. The van der Waals surface area contributed by atoms with Gasteiger partial charge in [-0.25, -0.2) is 4.79 Å². The molecule has 8 heteroatoms. The number of hydrogen-bond donors (Lipinski definition) is 4. The van der Waals surface area contributed by atoms with Crippen molar-refractivity contribution in [2.75, 3.05) is 6.54 Å². The Bertz CT molecular complexity index is 530. The Kier molecular flexibility index (Phi) is 10.0. The average Bonchev–Trinajstić information content (AvgIpc) is 2.55. The number of aliphatic carboxylic acids is 2. The number of aliphatic hydroxyl groups excluding tert-OH is 1. The first kappa shape index (κ1) is 21.6. The van der Waals surface area contributed by atoms with E-state index in [0.29, 0.717) is 19.4 Å². The number of carboxylic acids is 2. The number of nitrogens with two attached hydrogens (primary N) is 1. The molecule has 0 aliphatic heterocycles. The van der Waals surface area contributed by atoms with Crippen LogP contribution in [0.25, 0.3) is 0 Å². The number of quaternary nitrogens is 1. The first-order valence-electron chi connectivity index (χ1n) is 7.45. The molecule has 0 amide bonds. The molecule has 2 atom stereocenters. The van der Waals surface area contributed by atoms with Crippen LogP contribution in [0, 0.1) is 0 Å². The minimum Gasteiger partial charge on any atom is -0.539 e. The van der Waals surface area contributed by atoms with Crippen molar-refractivity contribution in [3.8, 4) is 5.75 Å². The molecular formula is C16H23NO7. The van der Waals surface area contributed by atoms with Gasteiger partial charge in [-0.05, 0) is 24.6 Å². The number of aromatic hydroxyl groups is 1. The molecule has 0 aliphatic rings. The molecule has 0 spiro atoms. The lowest BCUT2D eigenvalue weighted by atomic mass is 10.0. The Balaban J connectivity index is 0.000000754. The number of carbonyl (C=O) groups excluding carboxylic acids is 2. The number of rotatable bonds is 7. The molecule has 1 aromatic rings. The van der Waals surface area contributed by atoms with Gasteiger partial charge in [-0.1, -0.05) is 19.1 Å². The predicted molar refractivity (Wildman–Crippen MR) is 81.9 cm³/mol. The van der Waals surface area contributed by atoms with Crippen molar-refractivity contribution in [3.05, 3.63) is 29.8 Å². The Labute approximate surface area is 139 Å². The van der Waals surface area contributed by atoms with Crippen LogP contribution in [-0.4, -0.2) is 45.6 Å².